The van der Waals surface area contributed by atoms with Gasteiger partial charge in [-0.15, -0.1) is 0 Å². The van der Waals surface area contributed by atoms with Gasteiger partial charge in [0.15, 0.2) is 0 Å². The molecule has 0 saturated heterocycles. The fraction of sp³-hybridized carbons (Fsp3) is 0.556. The fourth-order valence-electron chi connectivity index (χ4n) is 1.55. The second kappa shape index (κ2) is 17.4. The van der Waals surface area contributed by atoms with Gasteiger partial charge >= 0.3 is 0 Å². The molecule has 1 unspecified atom stereocenters. The van der Waals surface area contributed by atoms with Crippen molar-refractivity contribution in [3.63, 3.8) is 0 Å². The van der Waals surface area contributed by atoms with Crippen molar-refractivity contribution in [3.8, 4) is 0 Å². The highest BCUT2D eigenvalue weighted by Gasteiger charge is 2.12. The van der Waals surface area contributed by atoms with Crippen molar-refractivity contribution in [1.29, 1.82) is 5.41 Å². The van der Waals surface area contributed by atoms with Crippen molar-refractivity contribution in [3.05, 3.63) is 35.4 Å². The van der Waals surface area contributed by atoms with Crippen LogP contribution in [-0.4, -0.2) is 24.7 Å². The van der Waals surface area contributed by atoms with Crippen molar-refractivity contribution in [2.75, 3.05) is 7.05 Å². The summed E-state index contributed by atoms with van der Waals surface area (Å²) in [6.07, 6.45) is 0.618. The third kappa shape index (κ3) is 11.0. The molecule has 128 valence electrons. The van der Waals surface area contributed by atoms with E-state index in [4.69, 9.17) is 11.1 Å². The standard InChI is InChI=1S/C12H17N3O.3C2H6/c1-8(16)11(15-2)7-9-4-3-5-10(6-9)12(13)14;3*1-2/h3-6,11,15H,7H2,1-2H3,(H3,13,14);3*1-2H3. The van der Waals surface area contributed by atoms with Gasteiger partial charge in [0.1, 0.15) is 11.6 Å². The number of nitrogens with two attached hydrogens (primary N) is 1. The summed E-state index contributed by atoms with van der Waals surface area (Å²) < 4.78 is 0. The van der Waals surface area contributed by atoms with Gasteiger partial charge in [0.05, 0.1) is 6.04 Å². The second-order valence-corrected chi connectivity index (χ2v) is 3.77. The number of likely N-dealkylation sites (N-methyl/N-ethyl adjacent to an activating group) is 1. The molecule has 0 aliphatic rings. The Balaban J connectivity index is -0.000000535. The molecule has 1 aromatic carbocycles. The maximum Gasteiger partial charge on any atom is 0.147 e. The van der Waals surface area contributed by atoms with Gasteiger partial charge in [-0.1, -0.05) is 59.7 Å². The van der Waals surface area contributed by atoms with Crippen LogP contribution in [0.2, 0.25) is 0 Å². The highest BCUT2D eigenvalue weighted by Crippen LogP contribution is 2.08. The number of hydrogen-bond donors (Lipinski definition) is 3. The topological polar surface area (TPSA) is 79.0 Å². The van der Waals surface area contributed by atoms with E-state index >= 15 is 0 Å². The van der Waals surface area contributed by atoms with Crippen molar-refractivity contribution in [1.82, 2.24) is 5.32 Å². The molecule has 1 atom stereocenters. The van der Waals surface area contributed by atoms with E-state index in [0.717, 1.165) is 5.56 Å². The molecule has 0 aliphatic heterocycles. The zero-order valence-corrected chi connectivity index (χ0v) is 15.6. The van der Waals surface area contributed by atoms with Gasteiger partial charge in [0, 0.05) is 5.56 Å². The Hall–Kier alpha value is -1.68. The van der Waals surface area contributed by atoms with Crippen molar-refractivity contribution >= 4 is 11.6 Å². The van der Waals surface area contributed by atoms with Crippen LogP contribution in [0.1, 0.15) is 59.6 Å². The first kappa shape index (κ1) is 25.3. The Morgan fingerprint density at radius 3 is 2.05 bits per heavy atom. The van der Waals surface area contributed by atoms with Gasteiger partial charge in [-0.05, 0) is 32.0 Å². The predicted octanol–water partition coefficient (Wildman–Crippen LogP) is 3.77. The summed E-state index contributed by atoms with van der Waals surface area (Å²) in [6, 6.07) is 7.23. The minimum absolute atomic E-state index is 0.0469. The molecule has 4 nitrogen and oxygen atoms in total. The van der Waals surface area contributed by atoms with E-state index in [2.05, 4.69) is 5.32 Å². The van der Waals surface area contributed by atoms with Crippen LogP contribution >= 0.6 is 0 Å². The van der Waals surface area contributed by atoms with E-state index in [1.807, 2.05) is 59.7 Å². The highest BCUT2D eigenvalue weighted by molar-refractivity contribution is 5.95. The van der Waals surface area contributed by atoms with Crippen LogP contribution in [0.4, 0.5) is 0 Å². The molecule has 0 aliphatic carbocycles. The zero-order chi connectivity index (χ0) is 18.1. The largest absolute Gasteiger partial charge is 0.384 e. The molecular formula is C18H35N3O. The molecule has 0 heterocycles. The van der Waals surface area contributed by atoms with E-state index in [-0.39, 0.29) is 17.7 Å². The molecule has 0 aromatic heterocycles. The molecule has 4 heteroatoms. The molecule has 22 heavy (non-hydrogen) atoms. The molecule has 0 spiro atoms. The van der Waals surface area contributed by atoms with E-state index in [9.17, 15) is 4.79 Å². The summed E-state index contributed by atoms with van der Waals surface area (Å²) in [5.74, 6) is 0.154. The van der Waals surface area contributed by atoms with Crippen LogP contribution in [0, 0.1) is 5.41 Å². The first-order chi connectivity index (χ1) is 10.5. The number of nitrogen functional groups attached to an aromatic ring is 1. The third-order valence-electron chi connectivity index (χ3n) is 2.52. The van der Waals surface area contributed by atoms with Crippen molar-refractivity contribution < 1.29 is 4.79 Å². The van der Waals surface area contributed by atoms with Gasteiger partial charge in [0.25, 0.3) is 0 Å². The van der Waals surface area contributed by atoms with Gasteiger partial charge < -0.3 is 11.1 Å². The molecule has 4 N–H and O–H groups in total. The lowest BCUT2D eigenvalue weighted by molar-refractivity contribution is -0.118. The van der Waals surface area contributed by atoms with Crippen molar-refractivity contribution in [2.45, 2.75) is 60.9 Å². The molecule has 0 saturated carbocycles. The van der Waals surface area contributed by atoms with E-state index in [1.165, 1.54) is 0 Å². The number of hydrogen-bond acceptors (Lipinski definition) is 3. The summed E-state index contributed by atoms with van der Waals surface area (Å²) in [7, 11) is 1.76. The molecule has 0 radical (unpaired) electrons. The molecule has 0 fully saturated rings. The first-order valence-electron chi connectivity index (χ1n) is 8.15. The summed E-state index contributed by atoms with van der Waals surface area (Å²) in [4.78, 5) is 11.3. The molecule has 1 aromatic rings. The third-order valence-corrected chi connectivity index (χ3v) is 2.52. The average Bonchev–Trinajstić information content (AvgIpc) is 2.58. The summed E-state index contributed by atoms with van der Waals surface area (Å²) in [6.45, 7) is 13.6. The van der Waals surface area contributed by atoms with E-state index in [1.54, 1.807) is 20.0 Å². The van der Waals surface area contributed by atoms with E-state index < -0.39 is 0 Å². The zero-order valence-electron chi connectivity index (χ0n) is 15.6. The lowest BCUT2D eigenvalue weighted by atomic mass is 10.0. The highest BCUT2D eigenvalue weighted by atomic mass is 16.1. The SMILES string of the molecule is CC.CC.CC.CNC(Cc1cccc(C(=N)N)c1)C(C)=O. The monoisotopic (exact) mass is 309 g/mol. The minimum Gasteiger partial charge on any atom is -0.384 e. The number of Topliss-reactive ketones (excluding diaryl/α,β-unsaturated/α-hetero) is 1. The Morgan fingerprint density at radius 1 is 1.18 bits per heavy atom. The lowest BCUT2D eigenvalue weighted by Gasteiger charge is -2.13. The predicted molar refractivity (Wildman–Crippen MR) is 98.7 cm³/mol. The number of carbonyl (C=O) groups is 1. The van der Waals surface area contributed by atoms with Crippen molar-refractivity contribution in [2.24, 2.45) is 5.73 Å². The molecule has 0 bridgehead atoms. The lowest BCUT2D eigenvalue weighted by Crippen LogP contribution is -2.34. The van der Waals surface area contributed by atoms with Gasteiger partial charge in [0.2, 0.25) is 0 Å². The van der Waals surface area contributed by atoms with Crippen LogP contribution in [-0.2, 0) is 11.2 Å². The Labute approximate surface area is 137 Å². The Kier molecular flexibility index (Phi) is 20.0. The number of carbonyl (C=O) groups excluding carboxylic acids is 1. The maximum atomic E-state index is 11.3. The van der Waals surface area contributed by atoms with Gasteiger partial charge in [-0.2, -0.15) is 0 Å². The normalized spacial score (nSPS) is 9.64. The van der Waals surface area contributed by atoms with Crippen LogP contribution in [0.25, 0.3) is 0 Å². The molecule has 1 rings (SSSR count). The molecule has 0 amide bonds. The first-order valence-corrected chi connectivity index (χ1v) is 8.15. The van der Waals surface area contributed by atoms with Gasteiger partial charge in [-0.25, -0.2) is 0 Å². The maximum absolute atomic E-state index is 11.3. The Morgan fingerprint density at radius 2 is 1.68 bits per heavy atom. The minimum atomic E-state index is -0.179. The number of rotatable bonds is 5. The van der Waals surface area contributed by atoms with Crippen LogP contribution in [0.3, 0.4) is 0 Å². The van der Waals surface area contributed by atoms with Crippen LogP contribution in [0.5, 0.6) is 0 Å². The Bertz CT molecular complexity index is 403. The summed E-state index contributed by atoms with van der Waals surface area (Å²) in [5.41, 5.74) is 7.10. The summed E-state index contributed by atoms with van der Waals surface area (Å²) >= 11 is 0. The summed E-state index contributed by atoms with van der Waals surface area (Å²) in [5, 5.41) is 10.3. The van der Waals surface area contributed by atoms with Crippen LogP contribution < -0.4 is 11.1 Å². The number of ketones is 1. The fourth-order valence-corrected chi connectivity index (χ4v) is 1.55. The van der Waals surface area contributed by atoms with Gasteiger partial charge in [-0.3, -0.25) is 10.2 Å². The number of nitrogens with one attached hydrogen (secondary N) is 2. The smallest absolute Gasteiger partial charge is 0.147 e. The second-order valence-electron chi connectivity index (χ2n) is 3.77. The number of amidine groups is 1. The van der Waals surface area contributed by atoms with Crippen LogP contribution in [0.15, 0.2) is 24.3 Å². The van der Waals surface area contributed by atoms with E-state index in [0.29, 0.717) is 12.0 Å². The quantitative estimate of drug-likeness (QED) is 0.572. The molecular weight excluding hydrogens is 274 g/mol. The number of benzene rings is 1. The average molecular weight is 309 g/mol.